The number of unbranched alkanes of at least 4 members (excludes halogenated alkanes) is 2. The molecule has 35 heavy (non-hydrogen) atoms. The van der Waals surface area contributed by atoms with Crippen molar-refractivity contribution in [3.63, 3.8) is 0 Å². The van der Waals surface area contributed by atoms with Crippen LogP contribution in [0.3, 0.4) is 0 Å². The van der Waals surface area contributed by atoms with Crippen molar-refractivity contribution in [2.24, 2.45) is 5.92 Å². The molecular weight excluding hydrogens is 440 g/mol. The third-order valence-electron chi connectivity index (χ3n) is 6.87. The number of fused-ring (bicyclic) bond motifs is 1. The van der Waals surface area contributed by atoms with Crippen LogP contribution < -0.4 is 10.1 Å². The number of benzene rings is 1. The molecule has 1 saturated heterocycles. The molecule has 1 aliphatic heterocycles. The molecule has 1 atom stereocenters. The van der Waals surface area contributed by atoms with E-state index in [9.17, 15) is 4.79 Å². The summed E-state index contributed by atoms with van der Waals surface area (Å²) in [6.45, 7) is 7.11. The van der Waals surface area contributed by atoms with E-state index in [1.54, 1.807) is 13.3 Å². The van der Waals surface area contributed by atoms with Crippen molar-refractivity contribution >= 4 is 16.7 Å². The zero-order chi connectivity index (χ0) is 24.8. The predicted octanol–water partition coefficient (Wildman–Crippen LogP) is 5.33. The summed E-state index contributed by atoms with van der Waals surface area (Å²) in [7, 11) is 3.82. The summed E-state index contributed by atoms with van der Waals surface area (Å²) in [6.07, 6.45) is 7.06. The van der Waals surface area contributed by atoms with E-state index in [1.165, 1.54) is 0 Å². The van der Waals surface area contributed by atoms with Gasteiger partial charge in [0, 0.05) is 49.6 Å². The number of likely N-dealkylation sites (tertiary alicyclic amines) is 1. The van der Waals surface area contributed by atoms with E-state index < -0.39 is 0 Å². The second-order valence-corrected chi connectivity index (χ2v) is 9.80. The Morgan fingerprint density at radius 2 is 2.09 bits per heavy atom. The molecule has 1 fully saturated rings. The largest absolute Gasteiger partial charge is 0.496 e. The number of pyridine rings is 1. The monoisotopic (exact) mass is 478 g/mol. The number of hydrogen-bond donors (Lipinski definition) is 1. The molecule has 0 saturated carbocycles. The summed E-state index contributed by atoms with van der Waals surface area (Å²) in [5.41, 5.74) is 2.75. The van der Waals surface area contributed by atoms with Crippen molar-refractivity contribution in [2.45, 2.75) is 58.4 Å². The number of aromatic nitrogens is 2. The van der Waals surface area contributed by atoms with Crippen LogP contribution in [0.2, 0.25) is 0 Å². The Morgan fingerprint density at radius 3 is 2.83 bits per heavy atom. The fourth-order valence-corrected chi connectivity index (χ4v) is 4.79. The van der Waals surface area contributed by atoms with Gasteiger partial charge in [-0.15, -0.1) is 0 Å². The Kier molecular flexibility index (Phi) is 8.52. The highest BCUT2D eigenvalue weighted by Gasteiger charge is 2.26. The van der Waals surface area contributed by atoms with Crippen molar-refractivity contribution in [2.75, 3.05) is 33.8 Å². The summed E-state index contributed by atoms with van der Waals surface area (Å²) in [6, 6.07) is 8.15. The molecule has 1 aromatic carbocycles. The van der Waals surface area contributed by atoms with Gasteiger partial charge in [0.25, 0.3) is 0 Å². The van der Waals surface area contributed by atoms with Crippen LogP contribution in [0.15, 0.2) is 34.9 Å². The van der Waals surface area contributed by atoms with Gasteiger partial charge in [-0.05, 0) is 44.9 Å². The molecule has 2 aromatic heterocycles. The van der Waals surface area contributed by atoms with Crippen molar-refractivity contribution < 1.29 is 13.9 Å². The first-order chi connectivity index (χ1) is 17.0. The van der Waals surface area contributed by atoms with Crippen LogP contribution in [-0.4, -0.2) is 54.4 Å². The van der Waals surface area contributed by atoms with Crippen molar-refractivity contribution in [1.29, 1.82) is 0 Å². The van der Waals surface area contributed by atoms with Crippen LogP contribution in [0.25, 0.3) is 22.2 Å². The molecule has 0 unspecified atom stereocenters. The number of Topliss-reactive ketones (excluding diaryl/α,β-unsaturated/α-hetero) is 1. The van der Waals surface area contributed by atoms with Gasteiger partial charge in [-0.2, -0.15) is 0 Å². The van der Waals surface area contributed by atoms with Gasteiger partial charge in [0.2, 0.25) is 5.89 Å². The van der Waals surface area contributed by atoms with E-state index in [2.05, 4.69) is 39.4 Å². The van der Waals surface area contributed by atoms with E-state index in [4.69, 9.17) is 9.15 Å². The Morgan fingerprint density at radius 1 is 1.26 bits per heavy atom. The Bertz CT molecular complexity index is 1140. The molecule has 1 N–H and O–H groups in total. The third kappa shape index (κ3) is 6.47. The fraction of sp³-hybridized carbons (Fsp3) is 0.536. The van der Waals surface area contributed by atoms with Crippen LogP contribution in [0, 0.1) is 12.8 Å². The summed E-state index contributed by atoms with van der Waals surface area (Å²) >= 11 is 0. The van der Waals surface area contributed by atoms with Crippen LogP contribution in [0.1, 0.15) is 63.1 Å². The standard InChI is InChI=1S/C28H38N4O3/c1-5-22(33)9-7-6-8-10-24(29-15-20-17-32(3)18-20)28-30-16-27(35-28)23-13-21-12-11-19(2)31-25(21)14-26(23)34-4/h11-14,16,20,24,29H,5-10,15,17-18H2,1-4H3/t24-/m0/s1. The molecule has 0 amide bonds. The number of aryl methyl sites for hydroxylation is 1. The summed E-state index contributed by atoms with van der Waals surface area (Å²) < 4.78 is 12.0. The Labute approximate surface area is 208 Å². The maximum atomic E-state index is 11.6. The number of nitrogens with zero attached hydrogens (tertiary/aromatic N) is 3. The smallest absolute Gasteiger partial charge is 0.212 e. The summed E-state index contributed by atoms with van der Waals surface area (Å²) in [5.74, 6) is 3.14. The average Bonchev–Trinajstić information content (AvgIpc) is 3.33. The molecule has 7 nitrogen and oxygen atoms in total. The van der Waals surface area contributed by atoms with Gasteiger partial charge in [0.1, 0.15) is 11.5 Å². The SMILES string of the molecule is CCC(=O)CCCCC[C@H](NCC1CN(C)C1)c1ncc(-c2cc3ccc(C)nc3cc2OC)o1. The average molecular weight is 479 g/mol. The summed E-state index contributed by atoms with van der Waals surface area (Å²) in [5, 5.41) is 4.74. The van der Waals surface area contributed by atoms with Crippen LogP contribution in [0.5, 0.6) is 5.75 Å². The third-order valence-corrected chi connectivity index (χ3v) is 6.87. The molecule has 3 heterocycles. The zero-order valence-electron chi connectivity index (χ0n) is 21.5. The van der Waals surface area contributed by atoms with Gasteiger partial charge in [-0.3, -0.25) is 9.78 Å². The van der Waals surface area contributed by atoms with Crippen molar-refractivity contribution in [3.05, 3.63) is 42.0 Å². The van der Waals surface area contributed by atoms with E-state index in [0.717, 1.165) is 73.2 Å². The lowest BCUT2D eigenvalue weighted by Crippen LogP contribution is -2.48. The van der Waals surface area contributed by atoms with Crippen molar-refractivity contribution in [3.8, 4) is 17.1 Å². The molecular formula is C28H38N4O3. The first-order valence-corrected chi connectivity index (χ1v) is 12.8. The maximum absolute atomic E-state index is 11.6. The minimum Gasteiger partial charge on any atom is -0.496 e. The minimum absolute atomic E-state index is 0.0484. The maximum Gasteiger partial charge on any atom is 0.212 e. The number of methoxy groups -OCH3 is 1. The second-order valence-electron chi connectivity index (χ2n) is 9.80. The van der Waals surface area contributed by atoms with E-state index in [0.29, 0.717) is 36.2 Å². The quantitative estimate of drug-likeness (QED) is 0.333. The van der Waals surface area contributed by atoms with E-state index >= 15 is 0 Å². The number of carbonyl (C=O) groups is 1. The molecule has 7 heteroatoms. The number of nitrogens with one attached hydrogen (secondary N) is 1. The molecule has 0 radical (unpaired) electrons. The van der Waals surface area contributed by atoms with Crippen LogP contribution in [-0.2, 0) is 4.79 Å². The molecule has 1 aliphatic rings. The molecule has 3 aromatic rings. The number of ether oxygens (including phenoxy) is 1. The molecule has 188 valence electrons. The predicted molar refractivity (Wildman–Crippen MR) is 139 cm³/mol. The van der Waals surface area contributed by atoms with Gasteiger partial charge in [-0.25, -0.2) is 4.98 Å². The first-order valence-electron chi connectivity index (χ1n) is 12.8. The second kappa shape index (κ2) is 11.8. The van der Waals surface area contributed by atoms with Gasteiger partial charge in [-0.1, -0.05) is 25.8 Å². The van der Waals surface area contributed by atoms with Gasteiger partial charge in [0.15, 0.2) is 5.76 Å². The minimum atomic E-state index is 0.0484. The van der Waals surface area contributed by atoms with Crippen LogP contribution >= 0.6 is 0 Å². The lowest BCUT2D eigenvalue weighted by molar-refractivity contribution is -0.118. The van der Waals surface area contributed by atoms with Gasteiger partial charge >= 0.3 is 0 Å². The fourth-order valence-electron chi connectivity index (χ4n) is 4.79. The molecule has 4 rings (SSSR count). The van der Waals surface area contributed by atoms with Gasteiger partial charge in [0.05, 0.1) is 30.4 Å². The number of oxazole rings is 1. The normalized spacial score (nSPS) is 15.3. The number of rotatable bonds is 13. The number of hydrogen-bond acceptors (Lipinski definition) is 7. The van der Waals surface area contributed by atoms with E-state index in [-0.39, 0.29) is 6.04 Å². The van der Waals surface area contributed by atoms with E-state index in [1.807, 2.05) is 26.0 Å². The lowest BCUT2D eigenvalue weighted by Gasteiger charge is -2.37. The zero-order valence-corrected chi connectivity index (χ0v) is 21.5. The number of carbonyl (C=O) groups excluding carboxylic acids is 1. The Balaban J connectivity index is 1.49. The Hall–Kier alpha value is -2.77. The van der Waals surface area contributed by atoms with Crippen molar-refractivity contribution in [1.82, 2.24) is 20.2 Å². The first kappa shape index (κ1) is 25.3. The van der Waals surface area contributed by atoms with Crippen LogP contribution in [0.4, 0.5) is 0 Å². The highest BCUT2D eigenvalue weighted by Crippen LogP contribution is 2.35. The molecule has 0 aliphatic carbocycles. The lowest BCUT2D eigenvalue weighted by atomic mass is 10.00. The molecule has 0 spiro atoms. The number of ketones is 1. The summed E-state index contributed by atoms with van der Waals surface area (Å²) in [4.78, 5) is 23.2. The highest BCUT2D eigenvalue weighted by molar-refractivity contribution is 5.87. The molecule has 0 bridgehead atoms. The van der Waals surface area contributed by atoms with Gasteiger partial charge < -0.3 is 19.4 Å². The topological polar surface area (TPSA) is 80.5 Å². The highest BCUT2D eigenvalue weighted by atomic mass is 16.5.